The van der Waals surface area contributed by atoms with E-state index < -0.39 is 115 Å². The number of benzene rings is 2. The van der Waals surface area contributed by atoms with Crippen LogP contribution in [0.4, 0.5) is 83.4 Å². The van der Waals surface area contributed by atoms with E-state index in [-0.39, 0.29) is 22.3 Å². The third-order valence-electron chi connectivity index (χ3n) is 10.2. The fourth-order valence-electron chi connectivity index (χ4n) is 6.88. The maximum Gasteiger partial charge on any atom is 0.460 e. The molecule has 2 N–H and O–H groups in total. The quantitative estimate of drug-likeness (QED) is 0.106. The minimum absolute atomic E-state index is 0.0362. The number of aromatic nitrogens is 4. The van der Waals surface area contributed by atoms with E-state index in [1.807, 2.05) is 0 Å². The number of alkyl halides is 18. The predicted molar refractivity (Wildman–Crippen MR) is 204 cm³/mol. The molecule has 2 aliphatic heterocycles. The zero-order chi connectivity index (χ0) is 48.8. The SMILES string of the molecule is F/C(=C(/F)C(F)(F)C(F)(F)C(F)(F)C(F)(F)F)c1c2nc(c(-c3ccccc3)c3ccc([nH]3)c(C(F)(F)C(F)(F)C(F)(F)C(F)(F)Cl)c3nc(c(-c4ccccc4)c4ccc1[nH]4)C=C3)C=C2. The normalized spacial score (nSPS) is 14.8. The van der Waals surface area contributed by atoms with Crippen LogP contribution in [0.25, 0.3) is 74.5 Å². The van der Waals surface area contributed by atoms with Crippen molar-refractivity contribution in [3.63, 3.8) is 0 Å². The molecular weight excluding hydrogens is 957 g/mol. The largest absolute Gasteiger partial charge is 0.460 e. The molecule has 348 valence electrons. The van der Waals surface area contributed by atoms with E-state index in [4.69, 9.17) is 0 Å². The van der Waals surface area contributed by atoms with Gasteiger partial charge in [-0.05, 0) is 71.3 Å². The van der Waals surface area contributed by atoms with Crippen molar-refractivity contribution >= 4 is 63.8 Å². The van der Waals surface area contributed by atoms with Crippen molar-refractivity contribution in [3.05, 3.63) is 125 Å². The van der Waals surface area contributed by atoms with Crippen molar-refractivity contribution in [1.29, 1.82) is 0 Å². The Labute approximate surface area is 360 Å². The molecule has 5 heterocycles. The summed E-state index contributed by atoms with van der Waals surface area (Å²) in [5.41, 5.74) is -11.0. The molecule has 5 aromatic rings. The Morgan fingerprint density at radius 3 is 1.32 bits per heavy atom. The number of nitrogens with zero attached hydrogens (tertiary/aromatic N) is 2. The summed E-state index contributed by atoms with van der Waals surface area (Å²) in [6, 6.07) is 16.2. The van der Waals surface area contributed by atoms with Crippen LogP contribution in [0.2, 0.25) is 0 Å². The van der Waals surface area contributed by atoms with Gasteiger partial charge in [-0.2, -0.15) is 74.6 Å². The fourth-order valence-corrected chi connectivity index (χ4v) is 7.00. The van der Waals surface area contributed by atoms with Gasteiger partial charge in [-0.15, -0.1) is 0 Å². The summed E-state index contributed by atoms with van der Waals surface area (Å²) in [6.07, 6.45) is -4.50. The number of hydrogen-bond donors (Lipinski definition) is 2. The second-order valence-corrected chi connectivity index (χ2v) is 14.8. The zero-order valence-corrected chi connectivity index (χ0v) is 32.6. The molecule has 0 fully saturated rings. The molecule has 0 atom stereocenters. The van der Waals surface area contributed by atoms with E-state index in [0.717, 1.165) is 24.3 Å². The van der Waals surface area contributed by atoms with Crippen molar-refractivity contribution in [2.75, 3.05) is 0 Å². The fraction of sp³-hybridized carbons (Fsp3) is 0.190. The number of fused-ring (bicyclic) bond motifs is 8. The Balaban J connectivity index is 1.69. The first kappa shape index (κ1) is 47.7. The number of hydrogen-bond acceptors (Lipinski definition) is 2. The van der Waals surface area contributed by atoms with E-state index in [9.17, 15) is 48.3 Å². The third-order valence-corrected chi connectivity index (χ3v) is 10.4. The van der Waals surface area contributed by atoms with Crippen molar-refractivity contribution in [3.8, 4) is 22.3 Å². The molecule has 0 saturated heterocycles. The van der Waals surface area contributed by atoms with Crippen molar-refractivity contribution in [1.82, 2.24) is 19.9 Å². The molecule has 0 radical (unpaired) electrons. The van der Waals surface area contributed by atoms with E-state index >= 15 is 35.1 Å². The highest BCUT2D eigenvalue weighted by atomic mass is 35.5. The number of nitrogens with one attached hydrogen (secondary N) is 2. The standard InChI is InChI=1S/C42H20ClF19N4/c43-41(58,59)39(54,55)37(50,51)35(46,47)32-27-17-15-23(65-27)29(19-7-3-1-4-8-19)21-11-13-25(63-21)31(33(44)34(45)36(48,49)38(52,53)40(56,57)42(60,61)62)26-14-12-22(64-26)30(20-9-5-2-6-10-20)24-16-18-28(32)66-24/h1-18,63,66H/b29-21?,29-23?,30-22?,30-24?,31-25?,31-26?,32-27?,32-28?,34-33+. The first-order valence-corrected chi connectivity index (χ1v) is 18.5. The third kappa shape index (κ3) is 7.28. The molecule has 66 heavy (non-hydrogen) atoms. The minimum Gasteiger partial charge on any atom is -0.354 e. The van der Waals surface area contributed by atoms with Crippen molar-refractivity contribution in [2.24, 2.45) is 0 Å². The summed E-state index contributed by atoms with van der Waals surface area (Å²) in [6.45, 7) is 0. The van der Waals surface area contributed by atoms with Crippen LogP contribution in [0.5, 0.6) is 0 Å². The second-order valence-electron chi connectivity index (χ2n) is 14.3. The maximum absolute atomic E-state index is 16.4. The predicted octanol–water partition coefficient (Wildman–Crippen LogP) is 15.3. The lowest BCUT2D eigenvalue weighted by molar-refractivity contribution is -0.391. The molecule has 24 heteroatoms. The highest BCUT2D eigenvalue weighted by Gasteiger charge is 2.84. The average molecular weight is 977 g/mol. The smallest absolute Gasteiger partial charge is 0.354 e. The second kappa shape index (κ2) is 15.7. The minimum atomic E-state index is -7.67. The van der Waals surface area contributed by atoms with Crippen LogP contribution in [0.15, 0.2) is 90.8 Å². The summed E-state index contributed by atoms with van der Waals surface area (Å²) < 4.78 is 279. The lowest BCUT2D eigenvalue weighted by Crippen LogP contribution is -2.61. The Hall–Kier alpha value is -6.26. The highest BCUT2D eigenvalue weighted by molar-refractivity contribution is 6.22. The lowest BCUT2D eigenvalue weighted by atomic mass is 9.95. The average Bonchev–Trinajstić information content (AvgIpc) is 4.08. The molecule has 3 aromatic heterocycles. The van der Waals surface area contributed by atoms with Gasteiger partial charge in [0.25, 0.3) is 0 Å². The van der Waals surface area contributed by atoms with E-state index in [1.54, 1.807) is 0 Å². The molecule has 7 rings (SSSR count). The van der Waals surface area contributed by atoms with Crippen molar-refractivity contribution < 1.29 is 83.4 Å². The number of rotatable bonds is 10. The first-order chi connectivity index (χ1) is 30.4. The summed E-state index contributed by atoms with van der Waals surface area (Å²) in [7, 11) is 0. The Morgan fingerprint density at radius 1 is 0.439 bits per heavy atom. The number of allylic oxidation sites excluding steroid dienone is 1. The highest BCUT2D eigenvalue weighted by Crippen LogP contribution is 2.59. The molecule has 0 aliphatic carbocycles. The maximum atomic E-state index is 16.4. The van der Waals surface area contributed by atoms with Gasteiger partial charge in [0.05, 0.1) is 44.9 Å². The van der Waals surface area contributed by atoms with Crippen LogP contribution in [0.3, 0.4) is 0 Å². The van der Waals surface area contributed by atoms with Gasteiger partial charge >= 0.3 is 47.1 Å². The molecule has 0 spiro atoms. The molecule has 2 aromatic carbocycles. The Morgan fingerprint density at radius 2 is 0.848 bits per heavy atom. The lowest BCUT2D eigenvalue weighted by Gasteiger charge is -2.34. The summed E-state index contributed by atoms with van der Waals surface area (Å²) in [5, 5.41) is -6.27. The van der Waals surface area contributed by atoms with Gasteiger partial charge in [0.2, 0.25) is 5.83 Å². The summed E-state index contributed by atoms with van der Waals surface area (Å²) in [4.78, 5) is 12.6. The van der Waals surface area contributed by atoms with Gasteiger partial charge in [0.15, 0.2) is 5.83 Å². The van der Waals surface area contributed by atoms with Crippen LogP contribution in [-0.2, 0) is 5.92 Å². The van der Waals surface area contributed by atoms with Crippen LogP contribution in [0, 0.1) is 0 Å². The zero-order valence-electron chi connectivity index (χ0n) is 31.8. The molecule has 4 nitrogen and oxygen atoms in total. The van der Waals surface area contributed by atoms with Gasteiger partial charge in [0, 0.05) is 22.2 Å². The molecule has 0 unspecified atom stereocenters. The molecular formula is C42H20ClF19N4. The van der Waals surface area contributed by atoms with Gasteiger partial charge in [-0.25, -0.2) is 18.7 Å². The number of aromatic amines is 2. The van der Waals surface area contributed by atoms with Crippen LogP contribution < -0.4 is 0 Å². The monoisotopic (exact) mass is 976 g/mol. The van der Waals surface area contributed by atoms with E-state index in [0.29, 0.717) is 24.3 Å². The van der Waals surface area contributed by atoms with Crippen LogP contribution in [-0.4, -0.2) is 61.1 Å². The summed E-state index contributed by atoms with van der Waals surface area (Å²) >= 11 is 4.26. The van der Waals surface area contributed by atoms with E-state index in [2.05, 4.69) is 31.5 Å². The number of halogens is 20. The summed E-state index contributed by atoms with van der Waals surface area (Å²) in [5.74, 6) is -50.1. The van der Waals surface area contributed by atoms with Crippen LogP contribution in [0.1, 0.15) is 33.9 Å². The molecule has 2 aliphatic rings. The van der Waals surface area contributed by atoms with Gasteiger partial charge in [-0.3, -0.25) is 0 Å². The van der Waals surface area contributed by atoms with Crippen LogP contribution >= 0.6 is 11.6 Å². The first-order valence-electron chi connectivity index (χ1n) is 18.1. The molecule has 0 saturated carbocycles. The van der Waals surface area contributed by atoms with Gasteiger partial charge in [-0.1, -0.05) is 60.7 Å². The molecule has 8 bridgehead atoms. The number of H-pyrrole nitrogens is 2. The Kier molecular flexibility index (Phi) is 11.3. The topological polar surface area (TPSA) is 57.4 Å². The van der Waals surface area contributed by atoms with Crippen molar-refractivity contribution in [2.45, 2.75) is 47.1 Å². The molecule has 0 amide bonds. The van der Waals surface area contributed by atoms with E-state index in [1.165, 1.54) is 60.7 Å². The Bertz CT molecular complexity index is 2940. The van der Waals surface area contributed by atoms with Gasteiger partial charge in [0.1, 0.15) is 0 Å². The van der Waals surface area contributed by atoms with Gasteiger partial charge < -0.3 is 9.97 Å².